The predicted molar refractivity (Wildman–Crippen MR) is 427 cm³/mol. The van der Waals surface area contributed by atoms with Crippen LogP contribution in [0.1, 0.15) is 0 Å². The quantitative estimate of drug-likeness (QED) is 0.112. The van der Waals surface area contributed by atoms with Gasteiger partial charge in [-0.3, -0.25) is 0 Å². The first kappa shape index (κ1) is 60.7. The molecule has 0 aliphatic heterocycles. The second-order valence-electron chi connectivity index (χ2n) is 26.5. The highest BCUT2D eigenvalue weighted by atomic mass is 16.3. The molecule has 5 aromatic heterocycles. The Morgan fingerprint density at radius 2 is 0.543 bits per heavy atom. The second kappa shape index (κ2) is 25.4. The molecule has 0 fully saturated rings. The van der Waals surface area contributed by atoms with E-state index < -0.39 is 0 Å². The average molecular weight is 1340 g/mol. The zero-order valence-corrected chi connectivity index (χ0v) is 56.5. The molecule has 0 aliphatic rings. The average Bonchev–Trinajstić information content (AvgIpc) is 1.62. The molecule has 20 aromatic rings. The summed E-state index contributed by atoms with van der Waals surface area (Å²) >= 11 is 0. The van der Waals surface area contributed by atoms with E-state index in [-0.39, 0.29) is 0 Å². The topological polar surface area (TPSA) is 109 Å². The summed E-state index contributed by atoms with van der Waals surface area (Å²) in [6.07, 6.45) is 0. The van der Waals surface area contributed by atoms with Crippen LogP contribution in [-0.4, -0.2) is 34.5 Å². The SMILES string of the molecule is c1ccc(-c2ccc(-c3ccc4c(-c5ccc(-c6nc(-c7ccc(-c8cc9ccccc9o8)cc7)nc(-c7ccc(-n8c9ccccc9c9ccccc98)cc7)n6)cc5)cccc4c3)cc2-c2nc(-c3ccc(-c4cc5ccccc5o4)cc3)nc(-c3ccc(-c4cccc5ccccc45)cc3)n2)cc1. The number of furan rings is 2. The van der Waals surface area contributed by atoms with E-state index in [1.807, 2.05) is 42.5 Å². The first-order chi connectivity index (χ1) is 52.0. The standard InChI is InChI=1S/C96H59N7O2/c1-2-16-60(17-3-1)80-54-51-72(57-84(80)96-101-94(67-42-32-62(33-43-67)78-26-14-21-61-18-4-7-23-77(61)78)100-95(102-96)69-46-38-65(39-47-69)90-59-75-20-6-13-31-88(75)105-90)71-50-55-81-73(56-71)22-15-27-79(81)63-34-40-66(41-35-63)91-97-92(68-44-36-64(37-45-68)89-58-74-19-5-12-30-87(74)104-89)99-93(98-91)70-48-52-76(53-49-70)103-85-28-10-8-24-82(85)83-25-9-11-29-86(83)103/h1-59H. The summed E-state index contributed by atoms with van der Waals surface area (Å²) in [5, 5.41) is 9.17. The number of fused-ring (bicyclic) bond motifs is 7. The summed E-state index contributed by atoms with van der Waals surface area (Å²) in [4.78, 5) is 31.7. The summed E-state index contributed by atoms with van der Waals surface area (Å²) in [5.74, 6) is 4.99. The number of rotatable bonds is 13. The van der Waals surface area contributed by atoms with Crippen molar-refractivity contribution in [2.75, 3.05) is 0 Å². The van der Waals surface area contributed by atoms with Crippen LogP contribution in [0.15, 0.2) is 367 Å². The van der Waals surface area contributed by atoms with Crippen molar-refractivity contribution in [2.24, 2.45) is 0 Å². The number of para-hydroxylation sites is 4. The maximum absolute atomic E-state index is 6.31. The third-order valence-electron chi connectivity index (χ3n) is 20.2. The Balaban J connectivity index is 0.650. The molecular formula is C96H59N7O2. The largest absolute Gasteiger partial charge is 0.456 e. The first-order valence-corrected chi connectivity index (χ1v) is 35.2. The number of aromatic nitrogens is 7. The van der Waals surface area contributed by atoms with Crippen LogP contribution in [-0.2, 0) is 0 Å². The van der Waals surface area contributed by atoms with Crippen molar-refractivity contribution in [1.82, 2.24) is 34.5 Å². The molecule has 0 amide bonds. The van der Waals surface area contributed by atoms with E-state index >= 15 is 0 Å². The maximum Gasteiger partial charge on any atom is 0.164 e. The van der Waals surface area contributed by atoms with Crippen molar-refractivity contribution in [3.8, 4) is 141 Å². The highest BCUT2D eigenvalue weighted by molar-refractivity contribution is 6.09. The van der Waals surface area contributed by atoms with Crippen LogP contribution in [0, 0.1) is 0 Å². The van der Waals surface area contributed by atoms with Crippen LogP contribution < -0.4 is 0 Å². The zero-order valence-electron chi connectivity index (χ0n) is 56.5. The van der Waals surface area contributed by atoms with Gasteiger partial charge in [-0.25, -0.2) is 29.9 Å². The van der Waals surface area contributed by atoms with Crippen molar-refractivity contribution in [3.05, 3.63) is 358 Å². The fraction of sp³-hybridized carbons (Fsp3) is 0. The maximum atomic E-state index is 6.31. The molecule has 0 saturated carbocycles. The summed E-state index contributed by atoms with van der Waals surface area (Å²) in [6.45, 7) is 0. The summed E-state index contributed by atoms with van der Waals surface area (Å²) in [5.41, 5.74) is 20.8. The van der Waals surface area contributed by atoms with E-state index in [2.05, 4.69) is 320 Å². The molecule has 0 atom stereocenters. The summed E-state index contributed by atoms with van der Waals surface area (Å²) in [6, 6.07) is 125. The molecule has 0 saturated heterocycles. The van der Waals surface area contributed by atoms with Gasteiger partial charge in [-0.2, -0.15) is 0 Å². The minimum atomic E-state index is 0.558. The third kappa shape index (κ3) is 11.2. The van der Waals surface area contributed by atoms with Crippen LogP contribution in [0.3, 0.4) is 0 Å². The van der Waals surface area contributed by atoms with Crippen molar-refractivity contribution in [3.63, 3.8) is 0 Å². The number of hydrogen-bond acceptors (Lipinski definition) is 8. The molecule has 0 N–H and O–H groups in total. The molecule has 20 rings (SSSR count). The summed E-state index contributed by atoms with van der Waals surface area (Å²) in [7, 11) is 0. The molecule has 0 radical (unpaired) electrons. The summed E-state index contributed by atoms with van der Waals surface area (Å²) < 4.78 is 14.9. The van der Waals surface area contributed by atoms with Gasteiger partial charge in [-0.1, -0.05) is 285 Å². The Bertz CT molecular complexity index is 6610. The Morgan fingerprint density at radius 1 is 0.190 bits per heavy atom. The molecule has 105 heavy (non-hydrogen) atoms. The Labute approximate surface area is 604 Å². The van der Waals surface area contributed by atoms with Gasteiger partial charge in [0.2, 0.25) is 0 Å². The molecule has 490 valence electrons. The fourth-order valence-electron chi connectivity index (χ4n) is 14.9. The lowest BCUT2D eigenvalue weighted by atomic mass is 9.92. The third-order valence-corrected chi connectivity index (χ3v) is 20.2. The fourth-order valence-corrected chi connectivity index (χ4v) is 14.9. The van der Waals surface area contributed by atoms with Gasteiger partial charge in [-0.05, 0) is 139 Å². The Kier molecular flexibility index (Phi) is 14.7. The predicted octanol–water partition coefficient (Wildman–Crippen LogP) is 25.0. The first-order valence-electron chi connectivity index (χ1n) is 35.2. The van der Waals surface area contributed by atoms with Crippen molar-refractivity contribution in [2.45, 2.75) is 0 Å². The molecule has 5 heterocycles. The molecule has 9 heteroatoms. The van der Waals surface area contributed by atoms with E-state index in [9.17, 15) is 0 Å². The van der Waals surface area contributed by atoms with Gasteiger partial charge in [0.05, 0.1) is 11.0 Å². The molecule has 0 bridgehead atoms. The monoisotopic (exact) mass is 1340 g/mol. The minimum Gasteiger partial charge on any atom is -0.456 e. The van der Waals surface area contributed by atoms with Gasteiger partial charge in [0, 0.05) is 71.7 Å². The molecule has 15 aromatic carbocycles. The highest BCUT2D eigenvalue weighted by Gasteiger charge is 2.21. The molecule has 0 unspecified atom stereocenters. The van der Waals surface area contributed by atoms with Crippen molar-refractivity contribution >= 4 is 65.3 Å². The lowest BCUT2D eigenvalue weighted by molar-refractivity contribution is 0.631. The van der Waals surface area contributed by atoms with E-state index in [1.165, 1.54) is 27.1 Å². The molecular weight excluding hydrogens is 1280 g/mol. The molecule has 0 spiro atoms. The van der Waals surface area contributed by atoms with Crippen molar-refractivity contribution in [1.29, 1.82) is 0 Å². The normalized spacial score (nSPS) is 11.6. The Morgan fingerprint density at radius 3 is 1.05 bits per heavy atom. The number of nitrogens with zero attached hydrogens (tertiary/aromatic N) is 7. The lowest BCUT2D eigenvalue weighted by Gasteiger charge is -2.15. The van der Waals surface area contributed by atoms with Crippen LogP contribution >= 0.6 is 0 Å². The second-order valence-corrected chi connectivity index (χ2v) is 26.5. The zero-order chi connectivity index (χ0) is 69.3. The van der Waals surface area contributed by atoms with Gasteiger partial charge in [0.1, 0.15) is 22.7 Å². The molecule has 9 nitrogen and oxygen atoms in total. The van der Waals surface area contributed by atoms with Crippen LogP contribution in [0.2, 0.25) is 0 Å². The van der Waals surface area contributed by atoms with Crippen LogP contribution in [0.4, 0.5) is 0 Å². The van der Waals surface area contributed by atoms with Gasteiger partial charge in [0.25, 0.3) is 0 Å². The van der Waals surface area contributed by atoms with Crippen LogP contribution in [0.5, 0.6) is 0 Å². The highest BCUT2D eigenvalue weighted by Crippen LogP contribution is 2.42. The van der Waals surface area contributed by atoms with E-state index in [0.717, 1.165) is 144 Å². The van der Waals surface area contributed by atoms with Crippen molar-refractivity contribution < 1.29 is 8.83 Å². The van der Waals surface area contributed by atoms with E-state index in [4.69, 9.17) is 38.7 Å². The smallest absolute Gasteiger partial charge is 0.164 e. The van der Waals surface area contributed by atoms with Gasteiger partial charge in [0.15, 0.2) is 34.9 Å². The van der Waals surface area contributed by atoms with Gasteiger partial charge >= 0.3 is 0 Å². The van der Waals surface area contributed by atoms with E-state index in [0.29, 0.717) is 34.9 Å². The lowest BCUT2D eigenvalue weighted by Crippen LogP contribution is -2.01. The number of hydrogen-bond donors (Lipinski definition) is 0. The van der Waals surface area contributed by atoms with Gasteiger partial charge in [-0.15, -0.1) is 0 Å². The van der Waals surface area contributed by atoms with Crippen LogP contribution in [0.25, 0.3) is 206 Å². The van der Waals surface area contributed by atoms with E-state index in [1.54, 1.807) is 0 Å². The van der Waals surface area contributed by atoms with Gasteiger partial charge < -0.3 is 13.4 Å². The molecule has 0 aliphatic carbocycles. The Hall–Kier alpha value is -14.3. The minimum absolute atomic E-state index is 0.558. The number of benzene rings is 15.